The molecule has 0 radical (unpaired) electrons. The van der Waals surface area contributed by atoms with Gasteiger partial charge in [-0.3, -0.25) is 4.90 Å². The molecule has 1 aliphatic rings. The zero-order valence-electron chi connectivity index (χ0n) is 17.9. The smallest absolute Gasteiger partial charge is 0.110 e. The molecule has 1 nitrogen and oxygen atoms in total. The van der Waals surface area contributed by atoms with Gasteiger partial charge in [-0.05, 0) is 61.8 Å². The number of benzene rings is 2. The summed E-state index contributed by atoms with van der Waals surface area (Å²) in [6, 6.07) is 19.2. The Morgan fingerprint density at radius 3 is 2.14 bits per heavy atom. The van der Waals surface area contributed by atoms with Gasteiger partial charge in [-0.25, -0.2) is 8.78 Å². The van der Waals surface area contributed by atoms with E-state index < -0.39 is 18.3 Å². The maximum Gasteiger partial charge on any atom is 0.110 e. The first-order valence-electron chi connectivity index (χ1n) is 11.3. The van der Waals surface area contributed by atoms with Crippen LogP contribution in [0.3, 0.4) is 0 Å². The van der Waals surface area contributed by atoms with Crippen LogP contribution in [-0.2, 0) is 13.0 Å². The first-order valence-corrected chi connectivity index (χ1v) is 11.3. The molecule has 0 spiro atoms. The van der Waals surface area contributed by atoms with Crippen LogP contribution in [0.25, 0.3) is 0 Å². The number of hydrogen-bond acceptors (Lipinski definition) is 1. The van der Waals surface area contributed by atoms with E-state index in [1.165, 1.54) is 11.1 Å². The fraction of sp³-hybridized carbons (Fsp3) is 0.538. The average Bonchev–Trinajstić information content (AvgIpc) is 2.75. The molecule has 3 heteroatoms. The molecule has 0 aromatic heterocycles. The molecule has 0 heterocycles. The molecule has 1 aliphatic carbocycles. The van der Waals surface area contributed by atoms with E-state index in [1.54, 1.807) is 0 Å². The van der Waals surface area contributed by atoms with Crippen molar-refractivity contribution in [3.8, 4) is 0 Å². The van der Waals surface area contributed by atoms with Crippen LogP contribution < -0.4 is 0 Å². The molecule has 0 bridgehead atoms. The Hall–Kier alpha value is -1.74. The van der Waals surface area contributed by atoms with E-state index >= 15 is 0 Å². The first kappa shape index (κ1) is 22.0. The fourth-order valence-corrected chi connectivity index (χ4v) is 4.71. The standard InChI is InChI=1S/C26H35F2N/c1-3-23(29(4-2)19-21-9-6-5-7-10-21)18-15-20-13-16-22(17-14-20)26-24(27)11-8-12-25(26)28/h5-7,9-10,13-14,16-17,23-26H,3-4,8,11-12,15,18-19H2,1-2H3. The SMILES string of the molecule is CCC(CCc1ccc(C2C(F)CCCC2F)cc1)N(CC)Cc1ccccc1. The lowest BCUT2D eigenvalue weighted by Crippen LogP contribution is -2.34. The fourth-order valence-electron chi connectivity index (χ4n) is 4.71. The molecular formula is C26H35F2N. The molecule has 0 saturated heterocycles. The quantitative estimate of drug-likeness (QED) is 0.445. The van der Waals surface area contributed by atoms with Gasteiger partial charge in [0.2, 0.25) is 0 Å². The Morgan fingerprint density at radius 1 is 0.897 bits per heavy atom. The van der Waals surface area contributed by atoms with Crippen molar-refractivity contribution in [3.05, 3.63) is 71.3 Å². The van der Waals surface area contributed by atoms with Crippen molar-refractivity contribution in [2.45, 2.75) is 83.2 Å². The summed E-state index contributed by atoms with van der Waals surface area (Å²) in [5.74, 6) is -0.581. The molecule has 2 aromatic carbocycles. The Balaban J connectivity index is 1.58. The van der Waals surface area contributed by atoms with Crippen LogP contribution in [0.5, 0.6) is 0 Å². The topological polar surface area (TPSA) is 3.24 Å². The van der Waals surface area contributed by atoms with Crippen LogP contribution in [0.1, 0.15) is 68.6 Å². The Bertz CT molecular complexity index is 705. The first-order chi connectivity index (χ1) is 14.1. The van der Waals surface area contributed by atoms with E-state index in [0.29, 0.717) is 25.3 Å². The molecule has 3 atom stereocenters. The van der Waals surface area contributed by atoms with E-state index in [2.05, 4.69) is 61.2 Å². The molecule has 0 amide bonds. The van der Waals surface area contributed by atoms with Gasteiger partial charge >= 0.3 is 0 Å². The molecule has 158 valence electrons. The summed E-state index contributed by atoms with van der Waals surface area (Å²) in [5.41, 5.74) is 3.43. The third-order valence-electron chi connectivity index (χ3n) is 6.49. The van der Waals surface area contributed by atoms with Crippen molar-refractivity contribution in [2.75, 3.05) is 6.54 Å². The summed E-state index contributed by atoms with van der Waals surface area (Å²) in [4.78, 5) is 2.55. The molecule has 2 aromatic rings. The summed E-state index contributed by atoms with van der Waals surface area (Å²) < 4.78 is 28.5. The van der Waals surface area contributed by atoms with Crippen molar-refractivity contribution in [3.63, 3.8) is 0 Å². The van der Waals surface area contributed by atoms with Gasteiger partial charge in [-0.2, -0.15) is 0 Å². The van der Waals surface area contributed by atoms with Gasteiger partial charge in [-0.1, -0.05) is 68.4 Å². The third-order valence-corrected chi connectivity index (χ3v) is 6.49. The maximum atomic E-state index is 14.2. The van der Waals surface area contributed by atoms with Crippen molar-refractivity contribution in [1.29, 1.82) is 0 Å². The van der Waals surface area contributed by atoms with Crippen LogP contribution in [0, 0.1) is 0 Å². The van der Waals surface area contributed by atoms with Crippen molar-refractivity contribution in [1.82, 2.24) is 4.90 Å². The Labute approximate surface area is 175 Å². The van der Waals surface area contributed by atoms with Crippen molar-refractivity contribution >= 4 is 0 Å². The van der Waals surface area contributed by atoms with Gasteiger partial charge in [0.25, 0.3) is 0 Å². The predicted molar refractivity (Wildman–Crippen MR) is 118 cm³/mol. The number of alkyl halides is 2. The minimum Gasteiger partial charge on any atom is -0.296 e. The summed E-state index contributed by atoms with van der Waals surface area (Å²) in [6.07, 6.45) is 2.73. The van der Waals surface area contributed by atoms with Gasteiger partial charge in [0, 0.05) is 18.5 Å². The lowest BCUT2D eigenvalue weighted by molar-refractivity contribution is 0.124. The van der Waals surface area contributed by atoms with Gasteiger partial charge in [-0.15, -0.1) is 0 Å². The van der Waals surface area contributed by atoms with Crippen molar-refractivity contribution in [2.24, 2.45) is 0 Å². The Kier molecular flexibility index (Phi) is 8.23. The lowest BCUT2D eigenvalue weighted by atomic mass is 9.81. The largest absolute Gasteiger partial charge is 0.296 e. The lowest BCUT2D eigenvalue weighted by Gasteiger charge is -2.31. The normalized spacial score (nSPS) is 23.3. The highest BCUT2D eigenvalue weighted by Gasteiger charge is 2.34. The van der Waals surface area contributed by atoms with E-state index in [4.69, 9.17) is 0 Å². The van der Waals surface area contributed by atoms with E-state index in [1.807, 2.05) is 12.1 Å². The van der Waals surface area contributed by atoms with Gasteiger partial charge in [0.1, 0.15) is 12.3 Å². The molecule has 0 aliphatic heterocycles. The van der Waals surface area contributed by atoms with Crippen molar-refractivity contribution < 1.29 is 8.78 Å². The van der Waals surface area contributed by atoms with Gasteiger partial charge in [0.15, 0.2) is 0 Å². The zero-order valence-corrected chi connectivity index (χ0v) is 17.9. The number of hydrogen-bond donors (Lipinski definition) is 0. The third kappa shape index (κ3) is 5.88. The highest BCUT2D eigenvalue weighted by atomic mass is 19.1. The number of aryl methyl sites for hydroxylation is 1. The van der Waals surface area contributed by atoms with E-state index in [-0.39, 0.29) is 0 Å². The van der Waals surface area contributed by atoms with Crippen LogP contribution in [-0.4, -0.2) is 29.8 Å². The van der Waals surface area contributed by atoms with Gasteiger partial charge < -0.3 is 0 Å². The molecule has 3 unspecified atom stereocenters. The van der Waals surface area contributed by atoms with Crippen LogP contribution in [0.4, 0.5) is 8.78 Å². The summed E-state index contributed by atoms with van der Waals surface area (Å²) in [5, 5.41) is 0. The molecular weight excluding hydrogens is 364 g/mol. The molecule has 3 rings (SSSR count). The van der Waals surface area contributed by atoms with E-state index in [9.17, 15) is 8.78 Å². The molecule has 1 saturated carbocycles. The van der Waals surface area contributed by atoms with Gasteiger partial charge in [0.05, 0.1) is 0 Å². The number of halogens is 2. The van der Waals surface area contributed by atoms with Crippen LogP contribution >= 0.6 is 0 Å². The Morgan fingerprint density at radius 2 is 1.55 bits per heavy atom. The summed E-state index contributed by atoms with van der Waals surface area (Å²) in [6.45, 7) is 6.49. The zero-order chi connectivity index (χ0) is 20.6. The summed E-state index contributed by atoms with van der Waals surface area (Å²) >= 11 is 0. The molecule has 1 fully saturated rings. The molecule has 29 heavy (non-hydrogen) atoms. The second-order valence-corrected chi connectivity index (χ2v) is 8.38. The minimum absolute atomic E-state index is 0.485. The molecule has 0 N–H and O–H groups in total. The highest BCUT2D eigenvalue weighted by Crippen LogP contribution is 2.37. The van der Waals surface area contributed by atoms with Crippen LogP contribution in [0.2, 0.25) is 0 Å². The average molecular weight is 400 g/mol. The minimum atomic E-state index is -1.05. The van der Waals surface area contributed by atoms with E-state index in [0.717, 1.165) is 37.9 Å². The number of nitrogens with zero attached hydrogens (tertiary/aromatic N) is 1. The summed E-state index contributed by atoms with van der Waals surface area (Å²) in [7, 11) is 0. The predicted octanol–water partition coefficient (Wildman–Crippen LogP) is 6.86. The monoisotopic (exact) mass is 399 g/mol. The second-order valence-electron chi connectivity index (χ2n) is 8.38. The number of rotatable bonds is 9. The maximum absolute atomic E-state index is 14.2. The van der Waals surface area contributed by atoms with Crippen LogP contribution in [0.15, 0.2) is 54.6 Å². The second kappa shape index (κ2) is 10.9. The highest BCUT2D eigenvalue weighted by molar-refractivity contribution is 5.28.